The van der Waals surface area contributed by atoms with E-state index in [9.17, 15) is 9.59 Å². The van der Waals surface area contributed by atoms with Crippen LogP contribution in [0.3, 0.4) is 0 Å². The molecule has 3 heterocycles. The Bertz CT molecular complexity index is 1020. The molecule has 0 unspecified atom stereocenters. The van der Waals surface area contributed by atoms with E-state index >= 15 is 0 Å². The van der Waals surface area contributed by atoms with Gasteiger partial charge < -0.3 is 11.1 Å². The van der Waals surface area contributed by atoms with Crippen LogP contribution in [0.5, 0.6) is 0 Å². The fraction of sp³-hybridized carbons (Fsp3) is 0.294. The minimum atomic E-state index is -0.298. The van der Waals surface area contributed by atoms with Gasteiger partial charge in [-0.3, -0.25) is 14.0 Å². The highest BCUT2D eigenvalue weighted by Gasteiger charge is 2.23. The molecule has 7 heteroatoms. The minimum Gasteiger partial charge on any atom is -0.352 e. The zero-order chi connectivity index (χ0) is 17.4. The monoisotopic (exact) mass is 326 g/mol. The van der Waals surface area contributed by atoms with Crippen molar-refractivity contribution in [2.24, 2.45) is 0 Å². The van der Waals surface area contributed by atoms with E-state index in [1.807, 2.05) is 26.8 Å². The molecule has 0 aliphatic rings. The third-order valence-electron chi connectivity index (χ3n) is 4.07. The standard InChI is InChI=1S/C17H19N5O2/c1-4-19-16(23)11-9-12-15(21(5-2)13(11)18)20-14-10(3)7-6-8-22(14)17(12)24/h6-9,18H,4-5H2,1-3H3,(H,19,23)/p+1. The Morgan fingerprint density at radius 2 is 2.17 bits per heavy atom. The number of nitrogens with one attached hydrogen (secondary N) is 1. The summed E-state index contributed by atoms with van der Waals surface area (Å²) in [6.45, 7) is 6.62. The lowest BCUT2D eigenvalue weighted by atomic mass is 10.1. The number of fused-ring (bicyclic) bond motifs is 2. The van der Waals surface area contributed by atoms with E-state index in [0.717, 1.165) is 5.56 Å². The van der Waals surface area contributed by atoms with E-state index < -0.39 is 0 Å². The zero-order valence-electron chi connectivity index (χ0n) is 14.0. The number of aromatic nitrogens is 3. The van der Waals surface area contributed by atoms with Gasteiger partial charge in [0.1, 0.15) is 10.9 Å². The van der Waals surface area contributed by atoms with Gasteiger partial charge >= 0.3 is 0 Å². The normalized spacial score (nSPS) is 11.1. The summed E-state index contributed by atoms with van der Waals surface area (Å²) in [4.78, 5) is 29.8. The van der Waals surface area contributed by atoms with Crippen molar-refractivity contribution in [3.8, 4) is 0 Å². The van der Waals surface area contributed by atoms with Crippen LogP contribution in [0.25, 0.3) is 16.7 Å². The molecule has 0 aromatic carbocycles. The number of pyridine rings is 2. The van der Waals surface area contributed by atoms with Gasteiger partial charge in [0.25, 0.3) is 17.1 Å². The molecule has 0 saturated carbocycles. The summed E-state index contributed by atoms with van der Waals surface area (Å²) in [5, 5.41) is 3.09. The quantitative estimate of drug-likeness (QED) is 0.550. The highest BCUT2D eigenvalue weighted by Crippen LogP contribution is 2.15. The summed E-state index contributed by atoms with van der Waals surface area (Å²) >= 11 is 0. The van der Waals surface area contributed by atoms with Crippen molar-refractivity contribution in [1.29, 1.82) is 0 Å². The fourth-order valence-corrected chi connectivity index (χ4v) is 2.87. The van der Waals surface area contributed by atoms with Crippen LogP contribution in [0, 0.1) is 6.92 Å². The second-order valence-electron chi connectivity index (χ2n) is 5.59. The van der Waals surface area contributed by atoms with Gasteiger partial charge in [-0.05, 0) is 32.9 Å². The van der Waals surface area contributed by atoms with Crippen LogP contribution in [0.4, 0.5) is 5.82 Å². The first-order valence-electron chi connectivity index (χ1n) is 7.91. The van der Waals surface area contributed by atoms with Crippen LogP contribution in [-0.4, -0.2) is 21.8 Å². The molecule has 0 aliphatic heterocycles. The average molecular weight is 326 g/mol. The summed E-state index contributed by atoms with van der Waals surface area (Å²) in [6, 6.07) is 5.23. The molecule has 3 aromatic heterocycles. The Balaban J connectivity index is 2.48. The van der Waals surface area contributed by atoms with Crippen LogP contribution in [0.15, 0.2) is 29.2 Å². The Morgan fingerprint density at radius 1 is 1.42 bits per heavy atom. The first-order chi connectivity index (χ1) is 11.5. The Morgan fingerprint density at radius 3 is 2.83 bits per heavy atom. The van der Waals surface area contributed by atoms with Gasteiger partial charge in [0, 0.05) is 18.3 Å². The lowest BCUT2D eigenvalue weighted by Gasteiger charge is -2.11. The van der Waals surface area contributed by atoms with Gasteiger partial charge in [-0.15, -0.1) is 0 Å². The van der Waals surface area contributed by atoms with Gasteiger partial charge in [0.15, 0.2) is 0 Å². The lowest BCUT2D eigenvalue weighted by Crippen LogP contribution is -2.42. The fourth-order valence-electron chi connectivity index (χ4n) is 2.87. The second-order valence-corrected chi connectivity index (χ2v) is 5.59. The number of nitrogens with two attached hydrogens (primary N) is 1. The number of carbonyl (C=O) groups is 1. The van der Waals surface area contributed by atoms with E-state index in [1.54, 1.807) is 16.8 Å². The Hall–Kier alpha value is -2.96. The molecule has 0 radical (unpaired) electrons. The highest BCUT2D eigenvalue weighted by molar-refractivity contribution is 6.00. The van der Waals surface area contributed by atoms with Gasteiger partial charge in [-0.2, -0.15) is 0 Å². The molecule has 0 spiro atoms. The molecule has 124 valence electrons. The largest absolute Gasteiger partial charge is 0.352 e. The lowest BCUT2D eigenvalue weighted by molar-refractivity contribution is -0.655. The summed E-state index contributed by atoms with van der Waals surface area (Å²) in [5.41, 5.74) is 8.22. The Kier molecular flexibility index (Phi) is 3.92. The van der Waals surface area contributed by atoms with Crippen LogP contribution >= 0.6 is 0 Å². The van der Waals surface area contributed by atoms with E-state index in [-0.39, 0.29) is 17.0 Å². The van der Waals surface area contributed by atoms with Crippen molar-refractivity contribution in [2.75, 3.05) is 12.3 Å². The van der Waals surface area contributed by atoms with Crippen molar-refractivity contribution in [3.63, 3.8) is 0 Å². The number of amides is 1. The van der Waals surface area contributed by atoms with Gasteiger partial charge in [0.2, 0.25) is 11.5 Å². The SMILES string of the molecule is CCNC(=O)c1cc2c(=O)n3cccc(C)c3nc2[n+](CC)c1N. The molecular formula is C17H20N5O2+. The molecule has 3 aromatic rings. The van der Waals surface area contributed by atoms with E-state index in [0.29, 0.717) is 35.6 Å². The number of aryl methyl sites for hydroxylation is 2. The van der Waals surface area contributed by atoms with Crippen molar-refractivity contribution < 1.29 is 9.36 Å². The topological polar surface area (TPSA) is 93.4 Å². The highest BCUT2D eigenvalue weighted by atomic mass is 16.1. The number of carbonyl (C=O) groups excluding carboxylic acids is 1. The first-order valence-corrected chi connectivity index (χ1v) is 7.91. The van der Waals surface area contributed by atoms with Crippen molar-refractivity contribution in [1.82, 2.24) is 14.7 Å². The summed E-state index contributed by atoms with van der Waals surface area (Å²) in [7, 11) is 0. The van der Waals surface area contributed by atoms with Crippen LogP contribution in [-0.2, 0) is 6.54 Å². The maximum absolute atomic E-state index is 12.9. The van der Waals surface area contributed by atoms with Crippen LogP contribution in [0.1, 0.15) is 29.8 Å². The summed E-state index contributed by atoms with van der Waals surface area (Å²) in [6.07, 6.45) is 1.68. The van der Waals surface area contributed by atoms with Gasteiger partial charge in [0.05, 0.1) is 6.54 Å². The van der Waals surface area contributed by atoms with E-state index in [1.165, 1.54) is 10.5 Å². The van der Waals surface area contributed by atoms with Gasteiger partial charge in [-0.1, -0.05) is 11.1 Å². The molecule has 0 saturated heterocycles. The number of hydrogen-bond acceptors (Lipinski definition) is 4. The Labute approximate surface area is 138 Å². The first kappa shape index (κ1) is 15.9. The number of hydrogen-bond donors (Lipinski definition) is 2. The predicted octanol–water partition coefficient (Wildman–Crippen LogP) is 0.795. The van der Waals surface area contributed by atoms with E-state index in [4.69, 9.17) is 5.73 Å². The van der Waals surface area contributed by atoms with Crippen LogP contribution < -0.4 is 21.2 Å². The smallest absolute Gasteiger partial charge is 0.278 e. The molecule has 0 aliphatic carbocycles. The van der Waals surface area contributed by atoms with Crippen molar-refractivity contribution >= 4 is 28.4 Å². The molecule has 7 nitrogen and oxygen atoms in total. The third kappa shape index (κ3) is 2.29. The summed E-state index contributed by atoms with van der Waals surface area (Å²) in [5.74, 6) is 0.00798. The molecule has 3 rings (SSSR count). The number of nitrogen functional groups attached to an aromatic ring is 1. The summed E-state index contributed by atoms with van der Waals surface area (Å²) < 4.78 is 3.20. The third-order valence-corrected chi connectivity index (χ3v) is 4.07. The van der Waals surface area contributed by atoms with Gasteiger partial charge in [-0.25, -0.2) is 4.57 Å². The van der Waals surface area contributed by atoms with Crippen molar-refractivity contribution in [3.05, 3.63) is 45.9 Å². The second kappa shape index (κ2) is 5.92. The maximum atomic E-state index is 12.9. The number of nitrogens with zero attached hydrogens (tertiary/aromatic N) is 3. The maximum Gasteiger partial charge on any atom is 0.278 e. The molecule has 24 heavy (non-hydrogen) atoms. The average Bonchev–Trinajstić information content (AvgIpc) is 2.56. The zero-order valence-corrected chi connectivity index (χ0v) is 14.0. The predicted molar refractivity (Wildman–Crippen MR) is 92.0 cm³/mol. The number of anilines is 1. The molecule has 3 N–H and O–H groups in total. The molecule has 0 fully saturated rings. The molecule has 0 atom stereocenters. The molecule has 0 bridgehead atoms. The molecule has 1 amide bonds. The minimum absolute atomic E-state index is 0.216. The molecular weight excluding hydrogens is 306 g/mol. The van der Waals surface area contributed by atoms with Crippen molar-refractivity contribution in [2.45, 2.75) is 27.3 Å². The van der Waals surface area contributed by atoms with Crippen LogP contribution in [0.2, 0.25) is 0 Å². The number of rotatable bonds is 3. The van der Waals surface area contributed by atoms with E-state index in [2.05, 4.69) is 10.3 Å².